The van der Waals surface area contributed by atoms with Crippen LogP contribution >= 0.6 is 0 Å². The molecule has 0 saturated heterocycles. The number of aliphatic hydroxyl groups excluding tert-OH is 2. The molecule has 5 aromatic rings. The van der Waals surface area contributed by atoms with Gasteiger partial charge < -0.3 is 30.5 Å². The molecule has 1 heterocycles. The summed E-state index contributed by atoms with van der Waals surface area (Å²) in [4.78, 5) is 27.1. The summed E-state index contributed by atoms with van der Waals surface area (Å²) >= 11 is 0. The molecule has 0 saturated carbocycles. The maximum atomic E-state index is 14.9. The molecule has 11 heteroatoms. The highest BCUT2D eigenvalue weighted by Crippen LogP contribution is 2.45. The molecule has 0 bridgehead atoms. The first kappa shape index (κ1) is 41.8. The summed E-state index contributed by atoms with van der Waals surface area (Å²) in [6.45, 7) is 9.36. The van der Waals surface area contributed by atoms with Crippen LogP contribution in [0.1, 0.15) is 68.5 Å². The minimum atomic E-state index is -1.14. The second-order valence-electron chi connectivity index (χ2n) is 15.1. The Morgan fingerprint density at radius 1 is 0.821 bits per heavy atom. The molecule has 1 aliphatic carbocycles. The molecule has 2 atom stereocenters. The van der Waals surface area contributed by atoms with Crippen molar-refractivity contribution in [2.75, 3.05) is 32.8 Å². The second kappa shape index (κ2) is 19.0. The van der Waals surface area contributed by atoms with E-state index in [0.29, 0.717) is 31.6 Å². The van der Waals surface area contributed by atoms with Gasteiger partial charge in [0.25, 0.3) is 0 Å². The topological polar surface area (TPSA) is 127 Å². The summed E-state index contributed by atoms with van der Waals surface area (Å²) in [7, 11) is 0. The Balaban J connectivity index is 0.00000143. The van der Waals surface area contributed by atoms with E-state index in [0.717, 1.165) is 45.6 Å². The van der Waals surface area contributed by atoms with E-state index < -0.39 is 23.8 Å². The zero-order chi connectivity index (χ0) is 40.4. The lowest BCUT2D eigenvalue weighted by atomic mass is 9.84. The molecule has 6 rings (SSSR count). The molecular weight excluding hydrogens is 715 g/mol. The maximum absolute atomic E-state index is 14.9. The number of hydrogen-bond acceptors (Lipinski definition) is 5. The maximum Gasteiger partial charge on any atom is 0.408 e. The van der Waals surface area contributed by atoms with Crippen LogP contribution in [0.3, 0.4) is 0 Å². The fourth-order valence-electron chi connectivity index (χ4n) is 7.30. The number of fused-ring (bicyclic) bond motifs is 3. The van der Waals surface area contributed by atoms with E-state index in [2.05, 4.69) is 48.1 Å². The summed E-state index contributed by atoms with van der Waals surface area (Å²) in [5, 5.41) is 32.1. The monoisotopic (exact) mass is 766 g/mol. The molecule has 9 nitrogen and oxygen atoms in total. The van der Waals surface area contributed by atoms with Crippen LogP contribution in [0.15, 0.2) is 109 Å². The number of aromatic nitrogens is 1. The highest BCUT2D eigenvalue weighted by atomic mass is 19.1. The molecule has 1 aliphatic rings. The van der Waals surface area contributed by atoms with E-state index in [1.165, 1.54) is 11.0 Å². The quantitative estimate of drug-likeness (QED) is 0.0735. The fraction of sp³-hybridized carbons (Fsp3) is 0.333. The molecule has 296 valence electrons. The minimum Gasteiger partial charge on any atom is -0.465 e. The number of nitrogens with one attached hydrogen (secondary N) is 2. The van der Waals surface area contributed by atoms with Crippen molar-refractivity contribution >= 4 is 12.0 Å². The third-order valence-corrected chi connectivity index (χ3v) is 10.1. The van der Waals surface area contributed by atoms with E-state index in [4.69, 9.17) is 10.2 Å². The molecule has 0 aliphatic heterocycles. The van der Waals surface area contributed by atoms with Gasteiger partial charge in [0.05, 0.1) is 19.3 Å². The minimum absolute atomic E-state index is 0.125. The van der Waals surface area contributed by atoms with Gasteiger partial charge in [-0.1, -0.05) is 99.6 Å². The zero-order valence-corrected chi connectivity index (χ0v) is 32.4. The normalized spacial score (nSPS) is 13.2. The van der Waals surface area contributed by atoms with Crippen LogP contribution in [0, 0.1) is 17.0 Å². The molecule has 0 radical (unpaired) electrons. The number of amides is 2. The predicted octanol–water partition coefficient (Wildman–Crippen LogP) is 7.82. The number of rotatable bonds is 14. The Kier molecular flexibility index (Phi) is 14.2. The van der Waals surface area contributed by atoms with Crippen molar-refractivity contribution in [3.8, 4) is 22.3 Å². The summed E-state index contributed by atoms with van der Waals surface area (Å²) in [5.74, 6) is -1.52. The molecule has 0 fully saturated rings. The van der Waals surface area contributed by atoms with Gasteiger partial charge in [0.15, 0.2) is 0 Å². The lowest BCUT2D eigenvalue weighted by molar-refractivity contribution is -0.125. The number of carbonyl (C=O) groups excluding carboxylic acids is 1. The summed E-state index contributed by atoms with van der Waals surface area (Å²) in [6.07, 6.45) is 1.32. The van der Waals surface area contributed by atoms with Gasteiger partial charge in [-0.15, -0.1) is 0 Å². The van der Waals surface area contributed by atoms with Crippen LogP contribution in [0.4, 0.5) is 13.6 Å². The van der Waals surface area contributed by atoms with Crippen molar-refractivity contribution in [1.82, 2.24) is 20.1 Å². The van der Waals surface area contributed by atoms with Crippen molar-refractivity contribution in [3.63, 3.8) is 0 Å². The number of halogens is 2. The molecule has 0 spiro atoms. The van der Waals surface area contributed by atoms with Crippen LogP contribution in [0.5, 0.6) is 0 Å². The molecule has 56 heavy (non-hydrogen) atoms. The average molecular weight is 767 g/mol. The Morgan fingerprint density at radius 2 is 1.43 bits per heavy atom. The zero-order valence-electron chi connectivity index (χ0n) is 32.4. The second-order valence-corrected chi connectivity index (χ2v) is 15.1. The third-order valence-electron chi connectivity index (χ3n) is 10.1. The van der Waals surface area contributed by atoms with Gasteiger partial charge in [-0.25, -0.2) is 13.6 Å². The summed E-state index contributed by atoms with van der Waals surface area (Å²) < 4.78 is 31.2. The molecule has 0 unspecified atom stereocenters. The van der Waals surface area contributed by atoms with Gasteiger partial charge in [0.1, 0.15) is 17.7 Å². The van der Waals surface area contributed by atoms with E-state index >= 15 is 0 Å². The molecular formula is C45H52F2N4O5. The van der Waals surface area contributed by atoms with Crippen molar-refractivity contribution in [1.29, 1.82) is 0 Å². The fourth-order valence-corrected chi connectivity index (χ4v) is 7.30. The van der Waals surface area contributed by atoms with E-state index in [1.807, 2.05) is 79.0 Å². The van der Waals surface area contributed by atoms with Crippen molar-refractivity contribution in [2.45, 2.75) is 58.7 Å². The van der Waals surface area contributed by atoms with Gasteiger partial charge >= 0.3 is 6.09 Å². The van der Waals surface area contributed by atoms with Gasteiger partial charge in [-0.05, 0) is 77.4 Å². The van der Waals surface area contributed by atoms with Crippen LogP contribution < -0.4 is 10.6 Å². The van der Waals surface area contributed by atoms with Crippen LogP contribution in [0.25, 0.3) is 22.3 Å². The average Bonchev–Trinajstić information content (AvgIpc) is 3.74. The van der Waals surface area contributed by atoms with Crippen LogP contribution in [-0.4, -0.2) is 75.7 Å². The van der Waals surface area contributed by atoms with Crippen LogP contribution in [-0.2, 0) is 11.3 Å². The largest absolute Gasteiger partial charge is 0.465 e. The highest BCUT2D eigenvalue weighted by Gasteiger charge is 2.34. The Morgan fingerprint density at radius 3 is 2.02 bits per heavy atom. The number of hydrogen-bond donors (Lipinski definition) is 5. The molecule has 4 aromatic carbocycles. The Labute approximate surface area is 327 Å². The summed E-state index contributed by atoms with van der Waals surface area (Å²) in [5.41, 5.74) is 6.85. The van der Waals surface area contributed by atoms with E-state index in [9.17, 15) is 23.5 Å². The van der Waals surface area contributed by atoms with Crippen LogP contribution in [0.2, 0.25) is 0 Å². The van der Waals surface area contributed by atoms with Gasteiger partial charge in [-0.2, -0.15) is 0 Å². The Hall–Kier alpha value is -5.36. The standard InChI is InChI=1S/C43H46F2N4O3.C2H6O2/c1-28(49(42(51)52)27-37-34-17-10-8-15-32(34)33-16-9-11-18-35(33)37)41(50)47-22-12-21-46-40(43(2,3)4)39-23-30(36-24-31(44)19-20-38(36)45)26-48(39)25-29-13-6-5-7-14-29;3-1-2-4/h5-11,13-20,23-24,26,28,37,40,46H,12,21-22,25,27H2,1-4H3,(H,47,50)(H,51,52);3-4H,1-2H2/t28-,40-;/m0./s1. The van der Waals surface area contributed by atoms with Gasteiger partial charge in [0.2, 0.25) is 5.91 Å². The number of carboxylic acid groups (broad SMARTS) is 1. The molecule has 5 N–H and O–H groups in total. The molecule has 1 aromatic heterocycles. The smallest absolute Gasteiger partial charge is 0.408 e. The lowest BCUT2D eigenvalue weighted by Gasteiger charge is -2.33. The number of aliphatic hydroxyl groups is 2. The van der Waals surface area contributed by atoms with E-state index in [-0.39, 0.29) is 48.6 Å². The number of benzene rings is 4. The highest BCUT2D eigenvalue weighted by molar-refractivity contribution is 5.85. The first-order valence-corrected chi connectivity index (χ1v) is 18.9. The lowest BCUT2D eigenvalue weighted by Crippen LogP contribution is -2.49. The molecule has 2 amide bonds. The van der Waals surface area contributed by atoms with Crippen molar-refractivity contribution < 1.29 is 33.7 Å². The summed E-state index contributed by atoms with van der Waals surface area (Å²) in [6, 6.07) is 30.4. The Bertz CT molecular complexity index is 2030. The van der Waals surface area contributed by atoms with Gasteiger partial charge in [-0.3, -0.25) is 9.69 Å². The third kappa shape index (κ3) is 10.1. The van der Waals surface area contributed by atoms with Gasteiger partial charge in [0, 0.05) is 48.6 Å². The van der Waals surface area contributed by atoms with Crippen molar-refractivity contribution in [2.24, 2.45) is 5.41 Å². The van der Waals surface area contributed by atoms with Crippen molar-refractivity contribution in [3.05, 3.63) is 143 Å². The first-order valence-electron chi connectivity index (χ1n) is 18.9. The first-order chi connectivity index (χ1) is 26.8. The van der Waals surface area contributed by atoms with E-state index in [1.54, 1.807) is 6.92 Å². The SMILES string of the molecule is C[C@@H](C(=O)NCCCN[C@@H](c1cc(-c2cc(F)ccc2F)cn1Cc1ccccc1)C(C)(C)C)N(CC1c2ccccc2-c2ccccc21)C(=O)O.OCCO. The number of carbonyl (C=O) groups is 2. The number of nitrogens with zero attached hydrogens (tertiary/aromatic N) is 2. The predicted molar refractivity (Wildman–Crippen MR) is 215 cm³/mol.